The highest BCUT2D eigenvalue weighted by atomic mass is 16.3. The molecular weight excluding hydrogens is 242 g/mol. The Kier molecular flexibility index (Phi) is 3.94. The second-order valence-electron chi connectivity index (χ2n) is 5.35. The lowest BCUT2D eigenvalue weighted by molar-refractivity contribution is 0.000666. The van der Waals surface area contributed by atoms with Gasteiger partial charge in [0, 0.05) is 11.9 Å². The largest absolute Gasteiger partial charge is 0.459 e. The van der Waals surface area contributed by atoms with E-state index in [9.17, 15) is 5.11 Å². The van der Waals surface area contributed by atoms with E-state index >= 15 is 0 Å². The van der Waals surface area contributed by atoms with Crippen molar-refractivity contribution in [1.29, 1.82) is 0 Å². The number of furan rings is 1. The van der Waals surface area contributed by atoms with Crippen LogP contribution in [-0.4, -0.2) is 29.0 Å². The van der Waals surface area contributed by atoms with Crippen LogP contribution in [0.5, 0.6) is 0 Å². The first kappa shape index (κ1) is 14.1. The molecule has 2 aromatic rings. The van der Waals surface area contributed by atoms with Crippen LogP contribution in [-0.2, 0) is 0 Å². The Bertz CT molecular complexity index is 560. The van der Waals surface area contributed by atoms with Crippen molar-refractivity contribution in [3.05, 3.63) is 35.6 Å². The van der Waals surface area contributed by atoms with Gasteiger partial charge >= 0.3 is 0 Å². The predicted molar refractivity (Wildman–Crippen MR) is 75.1 cm³/mol. The third kappa shape index (κ3) is 2.97. The van der Waals surface area contributed by atoms with Crippen molar-refractivity contribution < 1.29 is 14.6 Å². The first-order chi connectivity index (χ1) is 8.94. The molecule has 104 valence electrons. The molecule has 0 saturated carbocycles. The smallest absolute Gasteiger partial charge is 0.134 e. The van der Waals surface area contributed by atoms with Gasteiger partial charge in [-0.3, -0.25) is 0 Å². The van der Waals surface area contributed by atoms with Crippen molar-refractivity contribution >= 4 is 11.0 Å². The zero-order valence-electron chi connectivity index (χ0n) is 11.6. The molecule has 0 aliphatic carbocycles. The fraction of sp³-hybridized carbons (Fsp3) is 0.467. The molecule has 1 aromatic heterocycles. The first-order valence-corrected chi connectivity index (χ1v) is 6.49. The average molecular weight is 263 g/mol. The van der Waals surface area contributed by atoms with Gasteiger partial charge in [0.15, 0.2) is 0 Å². The molecule has 0 aliphatic heterocycles. The van der Waals surface area contributed by atoms with E-state index in [-0.39, 0.29) is 12.6 Å². The summed E-state index contributed by atoms with van der Waals surface area (Å²) in [6.45, 7) is 5.65. The molecule has 3 N–H and O–H groups in total. The normalized spacial score (nSPS) is 16.5. The number of hydrogen-bond donors (Lipinski definition) is 3. The number of fused-ring (bicyclic) bond motifs is 1. The van der Waals surface area contributed by atoms with Crippen LogP contribution in [0.3, 0.4) is 0 Å². The van der Waals surface area contributed by atoms with Gasteiger partial charge in [0.2, 0.25) is 0 Å². The van der Waals surface area contributed by atoms with Crippen LogP contribution in [0.1, 0.15) is 31.2 Å². The van der Waals surface area contributed by atoms with Gasteiger partial charge in [0.05, 0.1) is 18.2 Å². The molecule has 4 heteroatoms. The number of aryl methyl sites for hydroxylation is 1. The van der Waals surface area contributed by atoms with Crippen LogP contribution in [0.2, 0.25) is 0 Å². The molecule has 19 heavy (non-hydrogen) atoms. The Morgan fingerprint density at radius 1 is 1.37 bits per heavy atom. The van der Waals surface area contributed by atoms with E-state index in [0.29, 0.717) is 6.54 Å². The first-order valence-electron chi connectivity index (χ1n) is 6.49. The summed E-state index contributed by atoms with van der Waals surface area (Å²) in [6, 6.07) is 7.90. The van der Waals surface area contributed by atoms with Crippen molar-refractivity contribution in [2.24, 2.45) is 0 Å². The minimum absolute atomic E-state index is 0.0228. The molecule has 2 rings (SSSR count). The van der Waals surface area contributed by atoms with E-state index in [0.717, 1.165) is 22.3 Å². The molecule has 2 unspecified atom stereocenters. The summed E-state index contributed by atoms with van der Waals surface area (Å²) in [4.78, 5) is 0. The van der Waals surface area contributed by atoms with E-state index in [2.05, 4.69) is 5.32 Å². The summed E-state index contributed by atoms with van der Waals surface area (Å²) < 4.78 is 5.85. The summed E-state index contributed by atoms with van der Waals surface area (Å²) in [5.41, 5.74) is 0.866. The lowest BCUT2D eigenvalue weighted by Crippen LogP contribution is -2.41. The maximum Gasteiger partial charge on any atom is 0.134 e. The number of rotatable bonds is 5. The van der Waals surface area contributed by atoms with Crippen LogP contribution < -0.4 is 5.32 Å². The molecule has 0 saturated heterocycles. The molecule has 0 fully saturated rings. The summed E-state index contributed by atoms with van der Waals surface area (Å²) in [7, 11) is 0. The number of nitrogens with one attached hydrogen (secondary N) is 1. The number of para-hydroxylation sites is 1. The number of hydrogen-bond acceptors (Lipinski definition) is 4. The Hall–Kier alpha value is -1.36. The number of benzene rings is 1. The minimum Gasteiger partial charge on any atom is -0.459 e. The Labute approximate surface area is 113 Å². The van der Waals surface area contributed by atoms with Crippen LogP contribution in [0.15, 0.2) is 28.7 Å². The van der Waals surface area contributed by atoms with Gasteiger partial charge < -0.3 is 19.9 Å². The molecule has 0 aliphatic rings. The molecule has 2 atom stereocenters. The lowest BCUT2D eigenvalue weighted by atomic mass is 10.1. The predicted octanol–water partition coefficient (Wildman–Crippen LogP) is 2.14. The van der Waals surface area contributed by atoms with Gasteiger partial charge in [-0.05, 0) is 32.4 Å². The van der Waals surface area contributed by atoms with Crippen molar-refractivity contribution in [2.75, 3.05) is 13.2 Å². The lowest BCUT2D eigenvalue weighted by Gasteiger charge is -2.23. The van der Waals surface area contributed by atoms with E-state index in [4.69, 9.17) is 9.52 Å². The van der Waals surface area contributed by atoms with Crippen LogP contribution in [0, 0.1) is 6.92 Å². The minimum atomic E-state index is -1.12. The van der Waals surface area contributed by atoms with Gasteiger partial charge in [-0.15, -0.1) is 0 Å². The van der Waals surface area contributed by atoms with Crippen LogP contribution in [0.25, 0.3) is 11.0 Å². The summed E-state index contributed by atoms with van der Waals surface area (Å²) in [6.07, 6.45) is 0. The molecule has 0 bridgehead atoms. The van der Waals surface area contributed by atoms with Crippen molar-refractivity contribution in [3.8, 4) is 0 Å². The second kappa shape index (κ2) is 5.33. The Morgan fingerprint density at radius 2 is 2.05 bits per heavy atom. The standard InChI is InChI=1S/C15H21NO3/c1-10-12-6-4-5-7-13(12)19-14(10)11(2)16-8-15(3,18)9-17/h4-7,11,16-18H,8-9H2,1-3H3. The van der Waals surface area contributed by atoms with Crippen molar-refractivity contribution in [2.45, 2.75) is 32.4 Å². The SMILES string of the molecule is Cc1c(C(C)NCC(C)(O)CO)oc2ccccc12. The van der Waals surface area contributed by atoms with Gasteiger partial charge in [-0.2, -0.15) is 0 Å². The van der Waals surface area contributed by atoms with Gasteiger partial charge in [-0.25, -0.2) is 0 Å². The highest BCUT2D eigenvalue weighted by Gasteiger charge is 2.22. The molecule has 0 radical (unpaired) electrons. The average Bonchev–Trinajstić information content (AvgIpc) is 2.74. The third-order valence-corrected chi connectivity index (χ3v) is 3.40. The highest BCUT2D eigenvalue weighted by molar-refractivity contribution is 5.82. The van der Waals surface area contributed by atoms with E-state index in [1.54, 1.807) is 6.92 Å². The van der Waals surface area contributed by atoms with E-state index < -0.39 is 5.60 Å². The van der Waals surface area contributed by atoms with E-state index in [1.807, 2.05) is 38.1 Å². The van der Waals surface area contributed by atoms with E-state index in [1.165, 1.54) is 0 Å². The quantitative estimate of drug-likeness (QED) is 0.773. The fourth-order valence-corrected chi connectivity index (χ4v) is 2.13. The summed E-state index contributed by atoms with van der Waals surface area (Å²) in [5.74, 6) is 0.870. The van der Waals surface area contributed by atoms with Crippen molar-refractivity contribution in [1.82, 2.24) is 5.32 Å². The van der Waals surface area contributed by atoms with Gasteiger partial charge in [-0.1, -0.05) is 18.2 Å². The van der Waals surface area contributed by atoms with Crippen LogP contribution in [0.4, 0.5) is 0 Å². The fourth-order valence-electron chi connectivity index (χ4n) is 2.13. The van der Waals surface area contributed by atoms with Crippen LogP contribution >= 0.6 is 0 Å². The molecule has 1 aromatic carbocycles. The maximum absolute atomic E-state index is 9.78. The Balaban J connectivity index is 2.17. The Morgan fingerprint density at radius 3 is 2.68 bits per heavy atom. The second-order valence-corrected chi connectivity index (χ2v) is 5.35. The summed E-state index contributed by atoms with van der Waals surface area (Å²) in [5, 5.41) is 23.1. The summed E-state index contributed by atoms with van der Waals surface area (Å²) >= 11 is 0. The van der Waals surface area contributed by atoms with Crippen molar-refractivity contribution in [3.63, 3.8) is 0 Å². The zero-order chi connectivity index (χ0) is 14.0. The zero-order valence-corrected chi connectivity index (χ0v) is 11.6. The number of aliphatic hydroxyl groups is 2. The van der Waals surface area contributed by atoms with Gasteiger partial charge in [0.25, 0.3) is 0 Å². The number of aliphatic hydroxyl groups excluding tert-OH is 1. The highest BCUT2D eigenvalue weighted by Crippen LogP contribution is 2.29. The monoisotopic (exact) mass is 263 g/mol. The molecule has 0 amide bonds. The topological polar surface area (TPSA) is 65.6 Å². The maximum atomic E-state index is 9.78. The molecule has 0 spiro atoms. The molecule has 4 nitrogen and oxygen atoms in total. The third-order valence-electron chi connectivity index (χ3n) is 3.40. The van der Waals surface area contributed by atoms with Gasteiger partial charge in [0.1, 0.15) is 11.3 Å². The molecule has 1 heterocycles. The molecular formula is C15H21NO3.